The molecule has 1 aliphatic rings. The lowest BCUT2D eigenvalue weighted by Gasteiger charge is -2.19. The average Bonchev–Trinajstić information content (AvgIpc) is 2.74. The molecular weight excluding hydrogens is 198 g/mol. The van der Waals surface area contributed by atoms with Crippen LogP contribution in [0, 0.1) is 0 Å². The van der Waals surface area contributed by atoms with Crippen molar-refractivity contribution in [1.82, 2.24) is 14.9 Å². The van der Waals surface area contributed by atoms with E-state index in [4.69, 9.17) is 0 Å². The zero-order valence-corrected chi connectivity index (χ0v) is 9.19. The summed E-state index contributed by atoms with van der Waals surface area (Å²) < 4.78 is 2.42. The van der Waals surface area contributed by atoms with E-state index in [1.807, 2.05) is 18.5 Å². The van der Waals surface area contributed by atoms with E-state index in [0.717, 1.165) is 26.1 Å². The van der Waals surface area contributed by atoms with Gasteiger partial charge in [-0.3, -0.25) is 4.98 Å². The van der Waals surface area contributed by atoms with Crippen molar-refractivity contribution in [2.24, 2.45) is 0 Å². The molecule has 0 unspecified atom stereocenters. The van der Waals surface area contributed by atoms with Gasteiger partial charge in [-0.2, -0.15) is 0 Å². The van der Waals surface area contributed by atoms with Gasteiger partial charge >= 0.3 is 0 Å². The minimum atomic E-state index is 0.980. The van der Waals surface area contributed by atoms with Crippen LogP contribution in [0.15, 0.2) is 36.7 Å². The van der Waals surface area contributed by atoms with Crippen molar-refractivity contribution in [3.8, 4) is 0 Å². The molecule has 0 fully saturated rings. The molecule has 0 radical (unpaired) electrons. The molecule has 0 aliphatic carbocycles. The van der Waals surface area contributed by atoms with Gasteiger partial charge in [-0.05, 0) is 23.8 Å². The van der Waals surface area contributed by atoms with Gasteiger partial charge in [0.2, 0.25) is 0 Å². The first-order valence-electron chi connectivity index (χ1n) is 5.70. The zero-order valence-electron chi connectivity index (χ0n) is 9.19. The first kappa shape index (κ1) is 9.60. The van der Waals surface area contributed by atoms with Crippen molar-refractivity contribution in [2.75, 3.05) is 6.54 Å². The Hall–Kier alpha value is -1.61. The summed E-state index contributed by atoms with van der Waals surface area (Å²) in [5.41, 5.74) is 4.07. The fourth-order valence-corrected chi connectivity index (χ4v) is 2.27. The molecule has 0 saturated carbocycles. The smallest absolute Gasteiger partial charge is 0.0360 e. The molecule has 0 saturated heterocycles. The highest BCUT2D eigenvalue weighted by Crippen LogP contribution is 2.15. The number of pyridine rings is 1. The van der Waals surface area contributed by atoms with E-state index in [9.17, 15) is 0 Å². The van der Waals surface area contributed by atoms with Crippen molar-refractivity contribution in [3.63, 3.8) is 0 Å². The SMILES string of the molecule is c1cncc(Cc2ccc3n2CCNC3)c1. The van der Waals surface area contributed by atoms with Crippen LogP contribution in [0.4, 0.5) is 0 Å². The summed E-state index contributed by atoms with van der Waals surface area (Å²) in [4.78, 5) is 4.16. The first-order chi connectivity index (χ1) is 7.93. The van der Waals surface area contributed by atoms with Crippen LogP contribution in [0.5, 0.6) is 0 Å². The summed E-state index contributed by atoms with van der Waals surface area (Å²) >= 11 is 0. The molecule has 3 heteroatoms. The van der Waals surface area contributed by atoms with Crippen LogP contribution in [-0.4, -0.2) is 16.1 Å². The number of nitrogens with zero attached hydrogens (tertiary/aromatic N) is 2. The molecule has 3 nitrogen and oxygen atoms in total. The normalized spacial score (nSPS) is 14.8. The van der Waals surface area contributed by atoms with Crippen LogP contribution in [0.3, 0.4) is 0 Å². The van der Waals surface area contributed by atoms with Crippen molar-refractivity contribution in [1.29, 1.82) is 0 Å². The van der Waals surface area contributed by atoms with Crippen LogP contribution >= 0.6 is 0 Å². The molecule has 3 rings (SSSR count). The van der Waals surface area contributed by atoms with Gasteiger partial charge in [-0.15, -0.1) is 0 Å². The summed E-state index contributed by atoms with van der Waals surface area (Å²) in [6, 6.07) is 8.58. The van der Waals surface area contributed by atoms with Crippen LogP contribution in [0.2, 0.25) is 0 Å². The molecule has 82 valence electrons. The molecule has 16 heavy (non-hydrogen) atoms. The number of aromatic nitrogens is 2. The third kappa shape index (κ3) is 1.74. The van der Waals surface area contributed by atoms with E-state index in [0.29, 0.717) is 0 Å². The lowest BCUT2D eigenvalue weighted by molar-refractivity contribution is 0.506. The predicted octanol–water partition coefficient (Wildman–Crippen LogP) is 1.58. The van der Waals surface area contributed by atoms with Crippen molar-refractivity contribution >= 4 is 0 Å². The van der Waals surface area contributed by atoms with Gasteiger partial charge in [0.1, 0.15) is 0 Å². The van der Waals surface area contributed by atoms with E-state index in [1.165, 1.54) is 17.0 Å². The largest absolute Gasteiger partial charge is 0.346 e. The molecule has 2 aromatic heterocycles. The second kappa shape index (κ2) is 4.10. The maximum atomic E-state index is 4.16. The molecule has 0 aromatic carbocycles. The Balaban J connectivity index is 1.88. The number of hydrogen-bond donors (Lipinski definition) is 1. The van der Waals surface area contributed by atoms with Gasteiger partial charge < -0.3 is 9.88 Å². The third-order valence-corrected chi connectivity index (χ3v) is 3.09. The molecule has 0 amide bonds. The van der Waals surface area contributed by atoms with Crippen LogP contribution in [0.1, 0.15) is 17.0 Å². The summed E-state index contributed by atoms with van der Waals surface area (Å²) in [5.74, 6) is 0. The van der Waals surface area contributed by atoms with Crippen LogP contribution in [-0.2, 0) is 19.5 Å². The van der Waals surface area contributed by atoms with E-state index < -0.39 is 0 Å². The molecule has 1 aliphatic heterocycles. The van der Waals surface area contributed by atoms with Gasteiger partial charge in [0.05, 0.1) is 0 Å². The Labute approximate surface area is 95.1 Å². The highest BCUT2D eigenvalue weighted by atomic mass is 15.1. The van der Waals surface area contributed by atoms with Gasteiger partial charge in [0.25, 0.3) is 0 Å². The van der Waals surface area contributed by atoms with Gasteiger partial charge in [0, 0.05) is 49.8 Å². The molecular formula is C13H15N3. The van der Waals surface area contributed by atoms with E-state index in [2.05, 4.69) is 33.1 Å². The van der Waals surface area contributed by atoms with E-state index in [-0.39, 0.29) is 0 Å². The highest BCUT2D eigenvalue weighted by molar-refractivity contribution is 5.24. The average molecular weight is 213 g/mol. The molecule has 0 atom stereocenters. The third-order valence-electron chi connectivity index (χ3n) is 3.09. The molecule has 0 spiro atoms. The summed E-state index contributed by atoms with van der Waals surface area (Å²) in [5, 5.41) is 3.38. The van der Waals surface area contributed by atoms with E-state index >= 15 is 0 Å². The van der Waals surface area contributed by atoms with E-state index in [1.54, 1.807) is 0 Å². The quantitative estimate of drug-likeness (QED) is 0.820. The second-order valence-electron chi connectivity index (χ2n) is 4.18. The molecule has 0 bridgehead atoms. The fraction of sp³-hybridized carbons (Fsp3) is 0.308. The lowest BCUT2D eigenvalue weighted by atomic mass is 10.1. The minimum Gasteiger partial charge on any atom is -0.346 e. The first-order valence-corrected chi connectivity index (χ1v) is 5.70. The Morgan fingerprint density at radius 1 is 1.31 bits per heavy atom. The monoisotopic (exact) mass is 213 g/mol. The maximum absolute atomic E-state index is 4.16. The summed E-state index contributed by atoms with van der Waals surface area (Å²) in [6.07, 6.45) is 4.75. The Bertz CT molecular complexity index is 473. The summed E-state index contributed by atoms with van der Waals surface area (Å²) in [7, 11) is 0. The zero-order chi connectivity index (χ0) is 10.8. The molecule has 3 heterocycles. The predicted molar refractivity (Wildman–Crippen MR) is 63.2 cm³/mol. The second-order valence-corrected chi connectivity index (χ2v) is 4.18. The Morgan fingerprint density at radius 3 is 3.19 bits per heavy atom. The maximum Gasteiger partial charge on any atom is 0.0360 e. The van der Waals surface area contributed by atoms with Crippen LogP contribution < -0.4 is 5.32 Å². The van der Waals surface area contributed by atoms with Gasteiger partial charge in [-0.1, -0.05) is 6.07 Å². The topological polar surface area (TPSA) is 29.9 Å². The minimum absolute atomic E-state index is 0.980. The lowest BCUT2D eigenvalue weighted by Crippen LogP contribution is -2.28. The standard InChI is InChI=1S/C13H15N3/c1-2-11(9-14-5-1)8-12-3-4-13-10-15-6-7-16(12)13/h1-5,9,15H,6-8,10H2. The Kier molecular flexibility index (Phi) is 2.46. The fourth-order valence-electron chi connectivity index (χ4n) is 2.27. The molecule has 2 aromatic rings. The number of rotatable bonds is 2. The van der Waals surface area contributed by atoms with Crippen molar-refractivity contribution < 1.29 is 0 Å². The number of hydrogen-bond acceptors (Lipinski definition) is 2. The van der Waals surface area contributed by atoms with Crippen molar-refractivity contribution in [3.05, 3.63) is 53.6 Å². The highest BCUT2D eigenvalue weighted by Gasteiger charge is 2.11. The summed E-state index contributed by atoms with van der Waals surface area (Å²) in [6.45, 7) is 3.15. The van der Waals surface area contributed by atoms with Gasteiger partial charge in [0.15, 0.2) is 0 Å². The van der Waals surface area contributed by atoms with Gasteiger partial charge in [-0.25, -0.2) is 0 Å². The van der Waals surface area contributed by atoms with Crippen molar-refractivity contribution in [2.45, 2.75) is 19.5 Å². The number of nitrogens with one attached hydrogen (secondary N) is 1. The number of fused-ring (bicyclic) bond motifs is 1. The Morgan fingerprint density at radius 2 is 2.31 bits per heavy atom. The molecule has 1 N–H and O–H groups in total. The van der Waals surface area contributed by atoms with Crippen LogP contribution in [0.25, 0.3) is 0 Å².